The minimum atomic E-state index is -4.21. The zero-order chi connectivity index (χ0) is 54.8. The number of nitrogens with zero attached hydrogens (tertiary/aromatic N) is 1. The highest BCUT2D eigenvalue weighted by atomic mass is 32.2. The van der Waals surface area contributed by atoms with Gasteiger partial charge in [0.05, 0.1) is 17.5 Å². The first-order chi connectivity index (χ1) is 35.3. The normalized spacial score (nSPS) is 14.8. The van der Waals surface area contributed by atoms with Crippen molar-refractivity contribution in [3.05, 3.63) is 136 Å². The van der Waals surface area contributed by atoms with E-state index in [0.29, 0.717) is 45.7 Å². The van der Waals surface area contributed by atoms with Gasteiger partial charge in [-0.15, -0.1) is 0 Å². The van der Waals surface area contributed by atoms with Crippen LogP contribution in [0.4, 0.5) is 0 Å². The molecule has 0 radical (unpaired) electrons. The van der Waals surface area contributed by atoms with Crippen molar-refractivity contribution < 1.29 is 47.0 Å². The number of carbonyl (C=O) groups excluding carboxylic acids is 4. The first-order valence-corrected chi connectivity index (χ1v) is 26.4. The average molecular weight is 1050 g/mol. The fourth-order valence-corrected chi connectivity index (χ4v) is 10.5. The van der Waals surface area contributed by atoms with Crippen molar-refractivity contribution in [2.45, 2.75) is 134 Å². The van der Waals surface area contributed by atoms with E-state index in [2.05, 4.69) is 31.0 Å². The van der Waals surface area contributed by atoms with Crippen molar-refractivity contribution in [1.29, 1.82) is 0 Å². The Bertz CT molecular complexity index is 3050. The van der Waals surface area contributed by atoms with Gasteiger partial charge >= 0.3 is 5.97 Å². The molecule has 10 N–H and O–H groups in total. The van der Waals surface area contributed by atoms with E-state index in [1.54, 1.807) is 38.1 Å². The molecule has 1 aliphatic heterocycles. The number of carboxylic acid groups (broad SMARTS) is 1. The topological polar surface area (TPSA) is 283 Å². The van der Waals surface area contributed by atoms with Gasteiger partial charge in [0.2, 0.25) is 29.6 Å². The van der Waals surface area contributed by atoms with Crippen molar-refractivity contribution in [1.82, 2.24) is 26.0 Å². The molecule has 5 aromatic carbocycles. The van der Waals surface area contributed by atoms with Crippen molar-refractivity contribution in [3.8, 4) is 11.5 Å². The summed E-state index contributed by atoms with van der Waals surface area (Å²) in [5.74, 6) is -3.34. The van der Waals surface area contributed by atoms with E-state index >= 15 is 0 Å². The summed E-state index contributed by atoms with van der Waals surface area (Å²) in [5, 5.41) is 22.4. The summed E-state index contributed by atoms with van der Waals surface area (Å²) in [6.45, 7) is 14.2. The molecular weight excluding hydrogens is 977 g/mol. The van der Waals surface area contributed by atoms with Gasteiger partial charge in [0.25, 0.3) is 10.0 Å². The van der Waals surface area contributed by atoms with E-state index in [9.17, 15) is 37.5 Å². The third-order valence-corrected chi connectivity index (χ3v) is 14.4. The molecule has 19 heteroatoms. The molecule has 1 aliphatic rings. The number of guanidine groups is 1. The number of hydrogen-bond donors (Lipinski definition) is 8. The van der Waals surface area contributed by atoms with Crippen LogP contribution in [0, 0.1) is 20.8 Å². The lowest BCUT2D eigenvalue weighted by Crippen LogP contribution is -2.57. The first kappa shape index (κ1) is 56.8. The Morgan fingerprint density at radius 1 is 0.747 bits per heavy atom. The van der Waals surface area contributed by atoms with Crippen molar-refractivity contribution in [2.24, 2.45) is 16.5 Å². The van der Waals surface area contributed by atoms with Gasteiger partial charge < -0.3 is 47.3 Å². The number of nitrogens with one attached hydrogen (secondary N) is 5. The van der Waals surface area contributed by atoms with Crippen molar-refractivity contribution in [3.63, 3.8) is 0 Å². The number of rotatable bonds is 22. The number of carbonyl (C=O) groups is 5. The van der Waals surface area contributed by atoms with Crippen LogP contribution in [0.2, 0.25) is 0 Å². The highest BCUT2D eigenvalue weighted by molar-refractivity contribution is 7.90. The molecule has 75 heavy (non-hydrogen) atoms. The number of aliphatic carboxylic acids is 1. The number of amides is 4. The van der Waals surface area contributed by atoms with Crippen LogP contribution in [-0.2, 0) is 59.7 Å². The van der Waals surface area contributed by atoms with Gasteiger partial charge in [-0.05, 0) is 131 Å². The maximum absolute atomic E-state index is 14.4. The van der Waals surface area contributed by atoms with Crippen LogP contribution < -0.4 is 46.9 Å². The SMILES string of the molecule is Cc1c(C)c(S(=O)(=O)NC(N)=NCCC[C@H](NC(=O)[C@@H](N)Cc2ccccc2)C(=O)N[C@@H](Cc2ccc3ccccc3c2)C(=O)NCC(=O)N[C@H](Cc2ccc(OC(C)(C)C)cc2)C(=O)O)c(C)c2c1OC(C)(C)C2. The van der Waals surface area contributed by atoms with Gasteiger partial charge in [0.1, 0.15) is 40.8 Å². The van der Waals surface area contributed by atoms with Crippen LogP contribution in [-0.4, -0.2) is 97.5 Å². The summed E-state index contributed by atoms with van der Waals surface area (Å²) in [6, 6.07) is 24.1. The number of benzene rings is 5. The van der Waals surface area contributed by atoms with Crippen LogP contribution in [0.25, 0.3) is 10.8 Å². The van der Waals surface area contributed by atoms with E-state index in [-0.39, 0.29) is 49.5 Å². The molecule has 0 aromatic heterocycles. The number of fused-ring (bicyclic) bond motifs is 2. The molecule has 5 aromatic rings. The quantitative estimate of drug-likeness (QED) is 0.0265. The highest BCUT2D eigenvalue weighted by Gasteiger charge is 2.37. The van der Waals surface area contributed by atoms with E-state index < -0.39 is 81.5 Å². The van der Waals surface area contributed by atoms with Crippen LogP contribution in [0.1, 0.15) is 86.4 Å². The monoisotopic (exact) mass is 1050 g/mol. The van der Waals surface area contributed by atoms with Gasteiger partial charge in [0.15, 0.2) is 0 Å². The molecule has 0 fully saturated rings. The Labute approximate surface area is 438 Å². The summed E-state index contributed by atoms with van der Waals surface area (Å²) < 4.78 is 42.1. The number of nitrogens with two attached hydrogens (primary N) is 2. The van der Waals surface area contributed by atoms with Crippen LogP contribution in [0.3, 0.4) is 0 Å². The van der Waals surface area contributed by atoms with Gasteiger partial charge in [-0.1, -0.05) is 84.9 Å². The molecule has 6 rings (SSSR count). The third kappa shape index (κ3) is 15.8. The number of hydrogen-bond acceptors (Lipinski definition) is 11. The number of carboxylic acids is 1. The van der Waals surface area contributed by atoms with E-state index in [4.69, 9.17) is 20.9 Å². The van der Waals surface area contributed by atoms with E-state index in [1.807, 2.05) is 114 Å². The summed E-state index contributed by atoms with van der Waals surface area (Å²) in [7, 11) is -4.21. The molecule has 0 bridgehead atoms. The predicted molar refractivity (Wildman–Crippen MR) is 288 cm³/mol. The van der Waals surface area contributed by atoms with Crippen LogP contribution in [0.5, 0.6) is 11.5 Å². The van der Waals surface area contributed by atoms with Crippen LogP contribution in [0.15, 0.2) is 107 Å². The van der Waals surface area contributed by atoms with E-state index in [1.165, 1.54) is 0 Å². The van der Waals surface area contributed by atoms with Gasteiger partial charge in [-0.2, -0.15) is 0 Å². The molecular formula is C56H70N8O10S. The second-order valence-corrected chi connectivity index (χ2v) is 22.2. The fraction of sp³-hybridized carbons (Fsp3) is 0.393. The summed E-state index contributed by atoms with van der Waals surface area (Å²) in [6.07, 6.45) is 0.650. The summed E-state index contributed by atoms with van der Waals surface area (Å²) in [5.41, 5.74) is 16.3. The van der Waals surface area contributed by atoms with Crippen molar-refractivity contribution in [2.75, 3.05) is 13.1 Å². The lowest BCUT2D eigenvalue weighted by atomic mass is 9.94. The van der Waals surface area contributed by atoms with Gasteiger partial charge in [0, 0.05) is 31.4 Å². The molecule has 0 aliphatic carbocycles. The minimum absolute atomic E-state index is 0.0423. The number of ether oxygens (including phenoxy) is 2. The molecule has 0 saturated heterocycles. The fourth-order valence-electron chi connectivity index (χ4n) is 8.97. The summed E-state index contributed by atoms with van der Waals surface area (Å²) in [4.78, 5) is 72.1. The Morgan fingerprint density at radius 2 is 1.36 bits per heavy atom. The van der Waals surface area contributed by atoms with Gasteiger partial charge in [-0.25, -0.2) is 17.9 Å². The van der Waals surface area contributed by atoms with Crippen LogP contribution >= 0.6 is 0 Å². The molecule has 0 saturated carbocycles. The lowest BCUT2D eigenvalue weighted by Gasteiger charge is -2.24. The zero-order valence-electron chi connectivity index (χ0n) is 43.8. The Morgan fingerprint density at radius 3 is 2.03 bits per heavy atom. The maximum atomic E-state index is 14.4. The standard InChI is InChI=1S/C56H70N8O10S/c1-33-34(2)49(35(3)42-31-56(7,8)74-48(33)42)75(71,72)64-54(58)59-26-14-19-44(62-50(66)43(57)28-36-15-10-9-11-16-36)52(68)63-45(30-38-20-23-39-17-12-13-18-40(39)27-38)51(67)60-32-47(65)61-46(53(69)70)29-37-21-24-41(25-22-37)73-55(4,5)6/h9-13,15-18,20-25,27,43-46H,14,19,26,28-32,57H2,1-8H3,(H,60,67)(H,61,65)(H,62,66)(H,63,68)(H,69,70)(H3,58,59,64)/t43-,44-,45-,46+/m0/s1. The number of aliphatic imine (C=N–C) groups is 1. The summed E-state index contributed by atoms with van der Waals surface area (Å²) >= 11 is 0. The predicted octanol–water partition coefficient (Wildman–Crippen LogP) is 4.74. The zero-order valence-corrected chi connectivity index (χ0v) is 44.7. The molecule has 0 spiro atoms. The smallest absolute Gasteiger partial charge is 0.326 e. The third-order valence-electron chi connectivity index (χ3n) is 12.7. The second-order valence-electron chi connectivity index (χ2n) is 20.6. The minimum Gasteiger partial charge on any atom is -0.488 e. The molecule has 1 heterocycles. The second kappa shape index (κ2) is 24.2. The molecule has 400 valence electrons. The first-order valence-electron chi connectivity index (χ1n) is 24.9. The highest BCUT2D eigenvalue weighted by Crippen LogP contribution is 2.43. The Kier molecular flexibility index (Phi) is 18.3. The number of sulfonamides is 1. The average Bonchev–Trinajstić information content (AvgIpc) is 3.68. The lowest BCUT2D eigenvalue weighted by molar-refractivity contribution is -0.141. The van der Waals surface area contributed by atoms with Gasteiger partial charge in [-0.3, -0.25) is 24.2 Å². The molecule has 4 atom stereocenters. The van der Waals surface area contributed by atoms with E-state index in [0.717, 1.165) is 21.9 Å². The molecule has 0 unspecified atom stereocenters. The largest absolute Gasteiger partial charge is 0.488 e. The maximum Gasteiger partial charge on any atom is 0.326 e. The van der Waals surface area contributed by atoms with Crippen molar-refractivity contribution >= 4 is 56.4 Å². The molecule has 18 nitrogen and oxygen atoms in total. The Balaban J connectivity index is 1.17. The molecule has 4 amide bonds. The Hall–Kier alpha value is -7.51.